The summed E-state index contributed by atoms with van der Waals surface area (Å²) in [5, 5.41) is 3.49. The van der Waals surface area contributed by atoms with Crippen molar-refractivity contribution in [2.75, 3.05) is 26.2 Å². The predicted molar refractivity (Wildman–Crippen MR) is 85.2 cm³/mol. The van der Waals surface area contributed by atoms with Gasteiger partial charge in [-0.05, 0) is 49.8 Å². The van der Waals surface area contributed by atoms with Crippen LogP contribution in [0.25, 0.3) is 0 Å². The SMILES string of the molecule is Cc1cc(C)c([C@@H](CC2CC2)N2CCNCC2)c(C)c1. The zero-order valence-electron chi connectivity index (χ0n) is 13.2. The lowest BCUT2D eigenvalue weighted by Gasteiger charge is -2.37. The average Bonchev–Trinajstić information content (AvgIpc) is 3.21. The molecule has 1 saturated heterocycles. The standard InChI is InChI=1S/C18H28N2/c1-13-10-14(2)18(15(3)11-13)17(12-16-4-5-16)20-8-6-19-7-9-20/h10-11,16-17,19H,4-9,12H2,1-3H3/t17-/m1/s1. The monoisotopic (exact) mass is 272 g/mol. The average molecular weight is 272 g/mol. The van der Waals surface area contributed by atoms with Gasteiger partial charge in [-0.2, -0.15) is 0 Å². The molecule has 1 aromatic rings. The van der Waals surface area contributed by atoms with Gasteiger partial charge in [0.1, 0.15) is 0 Å². The number of nitrogens with zero attached hydrogens (tertiary/aromatic N) is 1. The van der Waals surface area contributed by atoms with Crippen molar-refractivity contribution in [3.63, 3.8) is 0 Å². The van der Waals surface area contributed by atoms with Gasteiger partial charge in [0.05, 0.1) is 0 Å². The first kappa shape index (κ1) is 14.1. The molecular formula is C18H28N2. The maximum absolute atomic E-state index is 3.49. The van der Waals surface area contributed by atoms with Gasteiger partial charge in [0, 0.05) is 32.2 Å². The van der Waals surface area contributed by atoms with E-state index < -0.39 is 0 Å². The summed E-state index contributed by atoms with van der Waals surface area (Å²) in [6.45, 7) is 11.5. The van der Waals surface area contributed by atoms with Gasteiger partial charge in [-0.3, -0.25) is 4.90 Å². The third-order valence-corrected chi connectivity index (χ3v) is 4.92. The van der Waals surface area contributed by atoms with Gasteiger partial charge in [0.25, 0.3) is 0 Å². The highest BCUT2D eigenvalue weighted by molar-refractivity contribution is 5.40. The quantitative estimate of drug-likeness (QED) is 0.904. The Morgan fingerprint density at radius 2 is 1.70 bits per heavy atom. The van der Waals surface area contributed by atoms with Crippen LogP contribution in [0.5, 0.6) is 0 Å². The minimum Gasteiger partial charge on any atom is -0.314 e. The number of hydrogen-bond donors (Lipinski definition) is 1. The molecule has 0 amide bonds. The van der Waals surface area contributed by atoms with E-state index in [1.165, 1.54) is 49.0 Å². The van der Waals surface area contributed by atoms with Crippen LogP contribution >= 0.6 is 0 Å². The fourth-order valence-electron chi connectivity index (χ4n) is 3.83. The van der Waals surface area contributed by atoms with E-state index >= 15 is 0 Å². The zero-order chi connectivity index (χ0) is 14.1. The van der Waals surface area contributed by atoms with Gasteiger partial charge in [-0.15, -0.1) is 0 Å². The van der Waals surface area contributed by atoms with E-state index in [0.717, 1.165) is 19.0 Å². The van der Waals surface area contributed by atoms with Gasteiger partial charge in [-0.25, -0.2) is 0 Å². The molecule has 0 radical (unpaired) electrons. The number of nitrogens with one attached hydrogen (secondary N) is 1. The Labute approximate surface area is 123 Å². The Morgan fingerprint density at radius 3 is 2.25 bits per heavy atom. The third kappa shape index (κ3) is 3.07. The van der Waals surface area contributed by atoms with Crippen molar-refractivity contribution in [2.45, 2.75) is 46.1 Å². The van der Waals surface area contributed by atoms with Crippen molar-refractivity contribution in [1.82, 2.24) is 10.2 Å². The van der Waals surface area contributed by atoms with Crippen molar-refractivity contribution >= 4 is 0 Å². The number of piperazine rings is 1. The van der Waals surface area contributed by atoms with Crippen molar-refractivity contribution in [3.8, 4) is 0 Å². The van der Waals surface area contributed by atoms with Crippen LogP contribution in [0.2, 0.25) is 0 Å². The molecule has 20 heavy (non-hydrogen) atoms. The molecule has 110 valence electrons. The lowest BCUT2D eigenvalue weighted by atomic mass is 9.90. The van der Waals surface area contributed by atoms with Crippen molar-refractivity contribution in [1.29, 1.82) is 0 Å². The van der Waals surface area contributed by atoms with E-state index in [9.17, 15) is 0 Å². The maximum Gasteiger partial charge on any atom is 0.0357 e. The molecule has 2 heteroatoms. The molecule has 0 unspecified atom stereocenters. The molecule has 1 aromatic carbocycles. The summed E-state index contributed by atoms with van der Waals surface area (Å²) in [5.41, 5.74) is 6.00. The highest BCUT2D eigenvalue weighted by Crippen LogP contribution is 2.41. The summed E-state index contributed by atoms with van der Waals surface area (Å²) in [4.78, 5) is 2.72. The highest BCUT2D eigenvalue weighted by atomic mass is 15.2. The summed E-state index contributed by atoms with van der Waals surface area (Å²) in [5.74, 6) is 0.981. The van der Waals surface area contributed by atoms with E-state index in [1.54, 1.807) is 5.56 Å². The van der Waals surface area contributed by atoms with Crippen molar-refractivity contribution in [3.05, 3.63) is 34.4 Å². The molecule has 1 heterocycles. The van der Waals surface area contributed by atoms with Gasteiger partial charge in [0.2, 0.25) is 0 Å². The van der Waals surface area contributed by atoms with Crippen LogP contribution in [-0.2, 0) is 0 Å². The maximum atomic E-state index is 3.49. The minimum atomic E-state index is 0.644. The Morgan fingerprint density at radius 1 is 1.10 bits per heavy atom. The van der Waals surface area contributed by atoms with Crippen LogP contribution in [0.3, 0.4) is 0 Å². The first-order chi connectivity index (χ1) is 9.65. The second-order valence-electron chi connectivity index (χ2n) is 6.79. The predicted octanol–water partition coefficient (Wildman–Crippen LogP) is 3.36. The van der Waals surface area contributed by atoms with Crippen LogP contribution in [0, 0.1) is 26.7 Å². The molecular weight excluding hydrogens is 244 g/mol. The van der Waals surface area contributed by atoms with Crippen LogP contribution < -0.4 is 5.32 Å². The molecule has 2 nitrogen and oxygen atoms in total. The van der Waals surface area contributed by atoms with Crippen LogP contribution in [-0.4, -0.2) is 31.1 Å². The molecule has 0 spiro atoms. The normalized spacial score (nSPS) is 21.9. The van der Waals surface area contributed by atoms with E-state index in [-0.39, 0.29) is 0 Å². The number of aryl methyl sites for hydroxylation is 3. The van der Waals surface area contributed by atoms with Crippen LogP contribution in [0.4, 0.5) is 0 Å². The minimum absolute atomic E-state index is 0.644. The zero-order valence-corrected chi connectivity index (χ0v) is 13.2. The first-order valence-corrected chi connectivity index (χ1v) is 8.17. The summed E-state index contributed by atoms with van der Waals surface area (Å²) < 4.78 is 0. The smallest absolute Gasteiger partial charge is 0.0357 e. The lowest BCUT2D eigenvalue weighted by Crippen LogP contribution is -2.45. The fraction of sp³-hybridized carbons (Fsp3) is 0.667. The highest BCUT2D eigenvalue weighted by Gasteiger charge is 2.31. The largest absolute Gasteiger partial charge is 0.314 e. The summed E-state index contributed by atoms with van der Waals surface area (Å²) in [7, 11) is 0. The van der Waals surface area contributed by atoms with E-state index in [0.29, 0.717) is 6.04 Å². The van der Waals surface area contributed by atoms with Crippen molar-refractivity contribution in [2.24, 2.45) is 5.92 Å². The summed E-state index contributed by atoms with van der Waals surface area (Å²) >= 11 is 0. The summed E-state index contributed by atoms with van der Waals surface area (Å²) in [6.07, 6.45) is 4.27. The Hall–Kier alpha value is -0.860. The van der Waals surface area contributed by atoms with E-state index in [4.69, 9.17) is 0 Å². The van der Waals surface area contributed by atoms with Crippen molar-refractivity contribution < 1.29 is 0 Å². The lowest BCUT2D eigenvalue weighted by molar-refractivity contribution is 0.159. The fourth-order valence-corrected chi connectivity index (χ4v) is 3.83. The van der Waals surface area contributed by atoms with Gasteiger partial charge in [0.15, 0.2) is 0 Å². The molecule has 1 aliphatic heterocycles. The topological polar surface area (TPSA) is 15.3 Å². The molecule has 1 atom stereocenters. The van der Waals surface area contributed by atoms with Gasteiger partial charge in [-0.1, -0.05) is 30.5 Å². The molecule has 3 rings (SSSR count). The Bertz CT molecular complexity index is 447. The molecule has 2 fully saturated rings. The molecule has 1 saturated carbocycles. The molecule has 1 N–H and O–H groups in total. The van der Waals surface area contributed by atoms with Gasteiger partial charge < -0.3 is 5.32 Å². The number of benzene rings is 1. The van der Waals surface area contributed by atoms with Gasteiger partial charge >= 0.3 is 0 Å². The Kier molecular flexibility index (Phi) is 4.13. The van der Waals surface area contributed by atoms with Crippen LogP contribution in [0.1, 0.15) is 47.6 Å². The third-order valence-electron chi connectivity index (χ3n) is 4.92. The molecule has 2 aliphatic rings. The Balaban J connectivity index is 1.91. The molecule has 0 aromatic heterocycles. The summed E-state index contributed by atoms with van der Waals surface area (Å²) in [6, 6.07) is 5.37. The number of rotatable bonds is 4. The second kappa shape index (κ2) is 5.87. The molecule has 0 bridgehead atoms. The molecule has 1 aliphatic carbocycles. The second-order valence-corrected chi connectivity index (χ2v) is 6.79. The van der Waals surface area contributed by atoms with Crippen LogP contribution in [0.15, 0.2) is 12.1 Å². The van der Waals surface area contributed by atoms with E-state index in [1.807, 2.05) is 0 Å². The van der Waals surface area contributed by atoms with E-state index in [2.05, 4.69) is 43.1 Å². The number of hydrogen-bond acceptors (Lipinski definition) is 2. The first-order valence-electron chi connectivity index (χ1n) is 8.17.